The Kier molecular flexibility index (Phi) is 5.85. The number of aromatic nitrogens is 2. The van der Waals surface area contributed by atoms with Gasteiger partial charge in [0.15, 0.2) is 5.43 Å². The number of rotatable bonds is 2. The first-order chi connectivity index (χ1) is 13.5. The lowest BCUT2D eigenvalue weighted by molar-refractivity contribution is 0.412. The highest BCUT2D eigenvalue weighted by molar-refractivity contribution is 6.35. The first-order valence-electron chi connectivity index (χ1n) is 8.70. The van der Waals surface area contributed by atoms with E-state index in [4.69, 9.17) is 21.1 Å². The smallest absolute Gasteiger partial charge is 0.189 e. The molecule has 0 saturated carbocycles. The van der Waals surface area contributed by atoms with Gasteiger partial charge in [0, 0.05) is 40.4 Å². The summed E-state index contributed by atoms with van der Waals surface area (Å²) in [7, 11) is 3.27. The van der Waals surface area contributed by atoms with Gasteiger partial charge < -0.3 is 14.5 Å². The van der Waals surface area contributed by atoms with Gasteiger partial charge in [0.1, 0.15) is 11.5 Å². The largest absolute Gasteiger partial charge is 0.496 e. The lowest BCUT2D eigenvalue weighted by Gasteiger charge is -2.07. The fourth-order valence-corrected chi connectivity index (χ4v) is 3.33. The lowest BCUT2D eigenvalue weighted by Crippen LogP contribution is -2.01. The summed E-state index contributed by atoms with van der Waals surface area (Å²) in [5.74, 6) is 1.63. The van der Waals surface area contributed by atoms with Crippen LogP contribution >= 0.6 is 11.6 Å². The van der Waals surface area contributed by atoms with Crippen molar-refractivity contribution >= 4 is 33.4 Å². The third-order valence-corrected chi connectivity index (χ3v) is 4.98. The van der Waals surface area contributed by atoms with Crippen molar-refractivity contribution in [1.29, 1.82) is 0 Å². The van der Waals surface area contributed by atoms with Crippen LogP contribution in [0.3, 0.4) is 0 Å². The Morgan fingerprint density at radius 3 is 2.21 bits per heavy atom. The number of H-pyrrole nitrogens is 1. The highest BCUT2D eigenvalue weighted by atomic mass is 35.5. The van der Waals surface area contributed by atoms with Crippen LogP contribution in [0, 0.1) is 13.8 Å². The molecule has 1 N–H and O–H groups in total. The molecule has 0 amide bonds. The van der Waals surface area contributed by atoms with Gasteiger partial charge >= 0.3 is 0 Å². The number of hydrogen-bond donors (Lipinski definition) is 1. The van der Waals surface area contributed by atoms with Crippen LogP contribution in [0.2, 0.25) is 5.02 Å². The van der Waals surface area contributed by atoms with Crippen molar-refractivity contribution in [1.82, 2.24) is 9.97 Å². The molecular formula is C22H21ClN2O3. The molecule has 0 saturated heterocycles. The highest BCUT2D eigenvalue weighted by Crippen LogP contribution is 2.29. The average Bonchev–Trinajstić information content (AvgIpc) is 2.70. The van der Waals surface area contributed by atoms with Crippen molar-refractivity contribution in [3.05, 3.63) is 75.2 Å². The fraction of sp³-hybridized carbons (Fsp3) is 0.182. The van der Waals surface area contributed by atoms with Gasteiger partial charge in [0.25, 0.3) is 0 Å². The molecule has 4 rings (SSSR count). The number of fused-ring (bicyclic) bond motifs is 2. The highest BCUT2D eigenvalue weighted by Gasteiger charge is 2.07. The van der Waals surface area contributed by atoms with E-state index in [1.807, 2.05) is 32.0 Å². The minimum atomic E-state index is 0.0319. The van der Waals surface area contributed by atoms with E-state index >= 15 is 0 Å². The molecule has 0 radical (unpaired) electrons. The zero-order valence-electron chi connectivity index (χ0n) is 16.2. The van der Waals surface area contributed by atoms with Crippen molar-refractivity contribution in [3.63, 3.8) is 0 Å². The van der Waals surface area contributed by atoms with Gasteiger partial charge in [0.2, 0.25) is 0 Å². The standard InChI is InChI=1S/C11H10ClNO.C11H11NO2/c1-7-10(14-2)4-3-8-9(12)5-6-13-11(7)8;1-7-10(14-2)4-3-8-9(13)5-6-12-11(7)8/h3-6H,1-2H3;3-6H,1-2H3,(H,12,13). The van der Waals surface area contributed by atoms with Gasteiger partial charge in [-0.3, -0.25) is 9.78 Å². The van der Waals surface area contributed by atoms with Crippen LogP contribution < -0.4 is 14.9 Å². The van der Waals surface area contributed by atoms with E-state index in [1.54, 1.807) is 38.7 Å². The average molecular weight is 397 g/mol. The number of hydrogen-bond acceptors (Lipinski definition) is 4. The van der Waals surface area contributed by atoms with Crippen molar-refractivity contribution in [2.24, 2.45) is 0 Å². The summed E-state index contributed by atoms with van der Waals surface area (Å²) >= 11 is 6.04. The topological polar surface area (TPSA) is 64.2 Å². The summed E-state index contributed by atoms with van der Waals surface area (Å²) in [5.41, 5.74) is 3.76. The Labute approximate surface area is 167 Å². The van der Waals surface area contributed by atoms with Crippen LogP contribution in [0.4, 0.5) is 0 Å². The number of pyridine rings is 2. The Morgan fingerprint density at radius 2 is 1.54 bits per heavy atom. The third kappa shape index (κ3) is 3.66. The Morgan fingerprint density at radius 1 is 0.893 bits per heavy atom. The minimum absolute atomic E-state index is 0.0319. The van der Waals surface area contributed by atoms with Crippen LogP contribution in [0.15, 0.2) is 53.6 Å². The van der Waals surface area contributed by atoms with E-state index in [0.29, 0.717) is 5.39 Å². The predicted octanol–water partition coefficient (Wildman–Crippen LogP) is 5.05. The van der Waals surface area contributed by atoms with E-state index in [1.165, 1.54) is 6.07 Å². The molecule has 6 heteroatoms. The maximum Gasteiger partial charge on any atom is 0.189 e. The van der Waals surface area contributed by atoms with Gasteiger partial charge in [-0.1, -0.05) is 11.6 Å². The first kappa shape index (κ1) is 19.7. The van der Waals surface area contributed by atoms with Gasteiger partial charge in [-0.15, -0.1) is 0 Å². The van der Waals surface area contributed by atoms with Gasteiger partial charge in [-0.2, -0.15) is 0 Å². The van der Waals surface area contributed by atoms with Crippen molar-refractivity contribution in [3.8, 4) is 11.5 Å². The molecule has 0 aliphatic heterocycles. The predicted molar refractivity (Wildman–Crippen MR) is 114 cm³/mol. The molecule has 0 bridgehead atoms. The molecular weight excluding hydrogens is 376 g/mol. The summed E-state index contributed by atoms with van der Waals surface area (Å²) in [5, 5.41) is 2.39. The number of methoxy groups -OCH3 is 2. The van der Waals surface area contributed by atoms with E-state index in [-0.39, 0.29) is 5.43 Å². The molecule has 0 spiro atoms. The zero-order valence-corrected chi connectivity index (χ0v) is 16.9. The van der Waals surface area contributed by atoms with Gasteiger partial charge in [-0.25, -0.2) is 0 Å². The van der Waals surface area contributed by atoms with Gasteiger partial charge in [-0.05, 0) is 44.2 Å². The second-order valence-electron chi connectivity index (χ2n) is 6.24. The summed E-state index contributed by atoms with van der Waals surface area (Å²) in [4.78, 5) is 18.8. The quantitative estimate of drug-likeness (QED) is 0.515. The second kappa shape index (κ2) is 8.31. The zero-order chi connectivity index (χ0) is 20.3. The van der Waals surface area contributed by atoms with Crippen molar-refractivity contribution in [2.45, 2.75) is 13.8 Å². The lowest BCUT2D eigenvalue weighted by atomic mass is 10.1. The molecule has 0 aliphatic carbocycles. The second-order valence-corrected chi connectivity index (χ2v) is 6.65. The molecule has 0 unspecified atom stereocenters. The summed E-state index contributed by atoms with van der Waals surface area (Å²) < 4.78 is 10.4. The number of nitrogens with zero attached hydrogens (tertiary/aromatic N) is 1. The first-order valence-corrected chi connectivity index (χ1v) is 9.08. The van der Waals surface area contributed by atoms with Gasteiger partial charge in [0.05, 0.1) is 30.3 Å². The minimum Gasteiger partial charge on any atom is -0.496 e. The van der Waals surface area contributed by atoms with Crippen LogP contribution in [0.25, 0.3) is 21.8 Å². The van der Waals surface area contributed by atoms with E-state index in [9.17, 15) is 4.79 Å². The Balaban J connectivity index is 0.000000161. The third-order valence-electron chi connectivity index (χ3n) is 4.65. The van der Waals surface area contributed by atoms with Crippen molar-refractivity contribution < 1.29 is 9.47 Å². The summed E-state index contributed by atoms with van der Waals surface area (Å²) in [6, 6.07) is 10.7. The van der Waals surface area contributed by atoms with Crippen molar-refractivity contribution in [2.75, 3.05) is 14.2 Å². The van der Waals surface area contributed by atoms with E-state index in [2.05, 4.69) is 9.97 Å². The van der Waals surface area contributed by atoms with Crippen LogP contribution in [-0.2, 0) is 0 Å². The van der Waals surface area contributed by atoms with Crippen LogP contribution in [-0.4, -0.2) is 24.2 Å². The fourth-order valence-electron chi connectivity index (χ4n) is 3.12. The molecule has 144 valence electrons. The molecule has 2 aromatic carbocycles. The molecule has 4 aromatic rings. The number of ether oxygens (including phenoxy) is 2. The van der Waals surface area contributed by atoms with E-state index < -0.39 is 0 Å². The summed E-state index contributed by atoms with van der Waals surface area (Å²) in [6.45, 7) is 3.90. The number of aromatic amines is 1. The maximum atomic E-state index is 11.5. The molecule has 0 fully saturated rings. The SMILES string of the molecule is COc1ccc2c(=O)cc[nH]c2c1C.COc1ccc2c(Cl)ccnc2c1C. The molecule has 28 heavy (non-hydrogen) atoms. The number of aryl methyl sites for hydroxylation is 2. The van der Waals surface area contributed by atoms with E-state index in [0.717, 1.165) is 44.1 Å². The van der Waals surface area contributed by atoms with Crippen LogP contribution in [0.5, 0.6) is 11.5 Å². The molecule has 0 atom stereocenters. The Hall–Kier alpha value is -3.05. The molecule has 2 aromatic heterocycles. The van der Waals surface area contributed by atoms with Crippen LogP contribution in [0.1, 0.15) is 11.1 Å². The number of halogens is 1. The molecule has 5 nitrogen and oxygen atoms in total. The summed E-state index contributed by atoms with van der Waals surface area (Å²) in [6.07, 6.45) is 3.36. The Bertz CT molecular complexity index is 1200. The monoisotopic (exact) mass is 396 g/mol. The molecule has 0 aliphatic rings. The molecule has 2 heterocycles. The number of nitrogens with one attached hydrogen (secondary N) is 1. The number of benzene rings is 2. The maximum absolute atomic E-state index is 11.5. The normalized spacial score (nSPS) is 10.5.